The number of carbonyl (C=O) groups is 3. The van der Waals surface area contributed by atoms with Gasteiger partial charge in [-0.3, -0.25) is 14.5 Å². The molecule has 1 spiro atoms. The van der Waals surface area contributed by atoms with E-state index in [2.05, 4.69) is 11.4 Å². The highest BCUT2D eigenvalue weighted by Gasteiger charge is 2.49. The third-order valence-corrected chi connectivity index (χ3v) is 8.83. The molecular formula is C27H43N3O3. The summed E-state index contributed by atoms with van der Waals surface area (Å²) in [6.45, 7) is 3.92. The van der Waals surface area contributed by atoms with Crippen LogP contribution in [0.25, 0.3) is 0 Å². The molecule has 3 fully saturated rings. The molecule has 2 saturated heterocycles. The number of amides is 3. The first-order valence-electron chi connectivity index (χ1n) is 13.3. The van der Waals surface area contributed by atoms with E-state index < -0.39 is 5.41 Å². The number of rotatable bonds is 4. The molecule has 3 amide bonds. The van der Waals surface area contributed by atoms with E-state index in [0.717, 1.165) is 44.2 Å². The van der Waals surface area contributed by atoms with E-state index in [9.17, 15) is 14.4 Å². The Morgan fingerprint density at radius 1 is 1.06 bits per heavy atom. The largest absolute Gasteiger partial charge is 0.326 e. The zero-order chi connectivity index (χ0) is 23.5. The fourth-order valence-corrected chi connectivity index (χ4v) is 6.82. The Hall–Kier alpha value is -1.69. The van der Waals surface area contributed by atoms with Gasteiger partial charge in [-0.2, -0.15) is 0 Å². The second-order valence-corrected chi connectivity index (χ2v) is 11.5. The van der Waals surface area contributed by atoms with E-state index in [0.29, 0.717) is 13.1 Å². The Morgan fingerprint density at radius 2 is 1.76 bits per heavy atom. The van der Waals surface area contributed by atoms with Crippen LogP contribution in [0, 0.1) is 16.7 Å². The van der Waals surface area contributed by atoms with Crippen LogP contribution in [-0.4, -0.2) is 60.7 Å². The zero-order valence-electron chi connectivity index (χ0n) is 20.8. The number of hydrogen-bond acceptors (Lipinski definition) is 4. The van der Waals surface area contributed by atoms with Gasteiger partial charge in [0.15, 0.2) is 5.78 Å². The molecule has 0 aromatic rings. The van der Waals surface area contributed by atoms with Crippen LogP contribution in [0.15, 0.2) is 11.6 Å². The van der Waals surface area contributed by atoms with Crippen molar-refractivity contribution in [3.8, 4) is 0 Å². The molecule has 2 atom stereocenters. The van der Waals surface area contributed by atoms with Crippen molar-refractivity contribution < 1.29 is 14.4 Å². The average molecular weight is 458 g/mol. The summed E-state index contributed by atoms with van der Waals surface area (Å²) in [7, 11) is 1.75. The van der Waals surface area contributed by atoms with Crippen molar-refractivity contribution in [2.75, 3.05) is 33.2 Å². The Bertz CT molecular complexity index is 781. The molecule has 0 radical (unpaired) electrons. The predicted molar refractivity (Wildman–Crippen MR) is 130 cm³/mol. The number of carbonyl (C=O) groups excluding carboxylic acids is 3. The monoisotopic (exact) mass is 457 g/mol. The number of nitrogens with zero attached hydrogens (tertiary/aromatic N) is 2. The number of piperidine rings is 1. The molecular weight excluding hydrogens is 414 g/mol. The predicted octanol–water partition coefficient (Wildman–Crippen LogP) is 4.69. The zero-order valence-corrected chi connectivity index (χ0v) is 20.8. The topological polar surface area (TPSA) is 69.7 Å². The molecule has 1 N–H and O–H groups in total. The van der Waals surface area contributed by atoms with Crippen LogP contribution in [0.1, 0.15) is 90.4 Å². The van der Waals surface area contributed by atoms with E-state index in [1.54, 1.807) is 11.9 Å². The third kappa shape index (κ3) is 5.21. The van der Waals surface area contributed by atoms with Gasteiger partial charge >= 0.3 is 6.03 Å². The molecule has 4 aliphatic rings. The van der Waals surface area contributed by atoms with Gasteiger partial charge in [0.2, 0.25) is 5.91 Å². The van der Waals surface area contributed by atoms with Crippen LogP contribution in [-0.2, 0) is 9.59 Å². The smallest absolute Gasteiger partial charge is 0.326 e. The minimum absolute atomic E-state index is 0.0402. The van der Waals surface area contributed by atoms with Crippen LogP contribution in [0.5, 0.6) is 0 Å². The van der Waals surface area contributed by atoms with E-state index in [4.69, 9.17) is 0 Å². The Kier molecular flexibility index (Phi) is 7.62. The number of hydrogen-bond donors (Lipinski definition) is 1. The minimum Gasteiger partial charge on any atom is -0.326 e. The first-order valence-corrected chi connectivity index (χ1v) is 13.3. The highest BCUT2D eigenvalue weighted by Crippen LogP contribution is 2.42. The molecule has 184 valence electrons. The van der Waals surface area contributed by atoms with Crippen LogP contribution in [0.4, 0.5) is 4.79 Å². The molecule has 0 aromatic heterocycles. The van der Waals surface area contributed by atoms with Crippen molar-refractivity contribution in [2.24, 2.45) is 16.7 Å². The van der Waals surface area contributed by atoms with E-state index in [1.807, 2.05) is 6.92 Å². The summed E-state index contributed by atoms with van der Waals surface area (Å²) in [5, 5.41) is 3.55. The summed E-state index contributed by atoms with van der Waals surface area (Å²) in [6, 6.07) is -0.330. The molecule has 2 aliphatic heterocycles. The third-order valence-electron chi connectivity index (χ3n) is 8.83. The fourth-order valence-electron chi connectivity index (χ4n) is 6.82. The van der Waals surface area contributed by atoms with Gasteiger partial charge < -0.3 is 10.2 Å². The van der Waals surface area contributed by atoms with Gasteiger partial charge in [0.1, 0.15) is 0 Å². The van der Waals surface area contributed by atoms with E-state index in [1.165, 1.54) is 56.3 Å². The summed E-state index contributed by atoms with van der Waals surface area (Å²) < 4.78 is 0. The van der Waals surface area contributed by atoms with Gasteiger partial charge in [-0.05, 0) is 57.3 Å². The van der Waals surface area contributed by atoms with Gasteiger partial charge in [0.05, 0.1) is 12.0 Å². The first-order chi connectivity index (χ1) is 15.8. The molecule has 0 aromatic carbocycles. The molecule has 2 aliphatic carbocycles. The number of allylic oxidation sites excluding steroid dienone is 1. The van der Waals surface area contributed by atoms with Crippen LogP contribution in [0.2, 0.25) is 0 Å². The summed E-state index contributed by atoms with van der Waals surface area (Å²) in [5.41, 5.74) is 0.615. The van der Waals surface area contributed by atoms with E-state index in [-0.39, 0.29) is 35.6 Å². The minimum atomic E-state index is -0.715. The lowest BCUT2D eigenvalue weighted by atomic mass is 9.69. The number of urea groups is 1. The molecule has 2 heterocycles. The molecule has 2 unspecified atom stereocenters. The number of imide groups is 1. The molecule has 1 saturated carbocycles. The highest BCUT2D eigenvalue weighted by molar-refractivity contribution is 6.04. The van der Waals surface area contributed by atoms with Crippen molar-refractivity contribution in [1.29, 1.82) is 0 Å². The van der Waals surface area contributed by atoms with Crippen LogP contribution >= 0.6 is 0 Å². The van der Waals surface area contributed by atoms with Gasteiger partial charge in [0.25, 0.3) is 0 Å². The van der Waals surface area contributed by atoms with Crippen molar-refractivity contribution in [1.82, 2.24) is 15.1 Å². The van der Waals surface area contributed by atoms with Crippen molar-refractivity contribution in [3.63, 3.8) is 0 Å². The number of nitrogens with one attached hydrogen (secondary N) is 1. The lowest BCUT2D eigenvalue weighted by Crippen LogP contribution is -2.62. The Balaban J connectivity index is 1.47. The van der Waals surface area contributed by atoms with Crippen molar-refractivity contribution >= 4 is 17.7 Å². The maximum atomic E-state index is 13.6. The van der Waals surface area contributed by atoms with Gasteiger partial charge in [-0.1, -0.05) is 50.2 Å². The van der Waals surface area contributed by atoms with Crippen molar-refractivity contribution in [3.05, 3.63) is 11.6 Å². The molecule has 4 rings (SSSR count). The quantitative estimate of drug-likeness (QED) is 0.622. The van der Waals surface area contributed by atoms with Gasteiger partial charge in [-0.25, -0.2) is 4.79 Å². The standard InChI is InChI=1S/C27H43N3O3/c1-26(22-12-8-7-9-13-22)20-29(2)25(33)30(24(26)32)18-23(31)21-16-27(19-28-17-21)14-10-5-3-4-6-11-15-27/h12,21,28H,3-11,13-20H2,1-2H3. The summed E-state index contributed by atoms with van der Waals surface area (Å²) in [6.07, 6.45) is 17.3. The van der Waals surface area contributed by atoms with Crippen LogP contribution in [0.3, 0.4) is 0 Å². The Labute approximate surface area is 199 Å². The summed E-state index contributed by atoms with van der Waals surface area (Å²) in [4.78, 5) is 43.0. The lowest BCUT2D eigenvalue weighted by molar-refractivity contribution is -0.144. The lowest BCUT2D eigenvalue weighted by Gasteiger charge is -2.45. The average Bonchev–Trinajstić information content (AvgIpc) is 2.93. The highest BCUT2D eigenvalue weighted by atomic mass is 16.2. The maximum absolute atomic E-state index is 13.6. The van der Waals surface area contributed by atoms with Gasteiger partial charge in [0, 0.05) is 32.6 Å². The molecule has 6 nitrogen and oxygen atoms in total. The SMILES string of the molecule is CN1CC(C)(C2=CCCCC2)C(=O)N(CC(=O)C2CNCC3(CCCCCCCC3)C2)C1=O. The summed E-state index contributed by atoms with van der Waals surface area (Å²) in [5.74, 6) is -0.265. The number of ketones is 1. The molecule has 33 heavy (non-hydrogen) atoms. The molecule has 0 bridgehead atoms. The van der Waals surface area contributed by atoms with E-state index >= 15 is 0 Å². The second-order valence-electron chi connectivity index (χ2n) is 11.5. The maximum Gasteiger partial charge on any atom is 0.326 e. The van der Waals surface area contributed by atoms with Crippen molar-refractivity contribution in [2.45, 2.75) is 90.4 Å². The first kappa shape index (κ1) is 24.4. The van der Waals surface area contributed by atoms with Gasteiger partial charge in [-0.15, -0.1) is 0 Å². The van der Waals surface area contributed by atoms with Crippen LogP contribution < -0.4 is 5.32 Å². The summed E-state index contributed by atoms with van der Waals surface area (Å²) >= 11 is 0. The fraction of sp³-hybridized carbons (Fsp3) is 0.815. The second kappa shape index (κ2) is 10.3. The number of Topliss-reactive ketones (excluding diaryl/α,β-unsaturated/α-hetero) is 1. The molecule has 6 heteroatoms. The normalized spacial score (nSPS) is 31.6. The Morgan fingerprint density at radius 3 is 2.42 bits per heavy atom.